The molecule has 2 aromatic carbocycles. The number of benzene rings is 2. The number of aromatic nitrogens is 1. The van der Waals surface area contributed by atoms with Crippen LogP contribution in [0.2, 0.25) is 0 Å². The zero-order valence-corrected chi connectivity index (χ0v) is 20.7. The maximum absolute atomic E-state index is 12.7. The Morgan fingerprint density at radius 1 is 1.11 bits per heavy atom. The van der Waals surface area contributed by atoms with E-state index < -0.39 is 27.1 Å². The number of hydrogen-bond donors (Lipinski definition) is 3. The van der Waals surface area contributed by atoms with Crippen LogP contribution in [0.15, 0.2) is 42.5 Å². The number of rotatable bonds is 8. The van der Waals surface area contributed by atoms with Gasteiger partial charge in [-0.1, -0.05) is 18.2 Å². The molecule has 0 radical (unpaired) electrons. The van der Waals surface area contributed by atoms with Crippen LogP contribution in [0.3, 0.4) is 0 Å². The van der Waals surface area contributed by atoms with Crippen molar-refractivity contribution in [3.63, 3.8) is 0 Å². The Labute approximate surface area is 206 Å². The number of thiazole rings is 1. The van der Waals surface area contributed by atoms with Gasteiger partial charge in [-0.2, -0.15) is 0 Å². The van der Waals surface area contributed by atoms with E-state index >= 15 is 0 Å². The number of nitrogens with one attached hydrogen (secondary N) is 3. The molecular formula is C23H24N4O6S2. The lowest BCUT2D eigenvalue weighted by Crippen LogP contribution is -2.41. The number of sulfone groups is 1. The van der Waals surface area contributed by atoms with Crippen molar-refractivity contribution in [3.05, 3.63) is 47.5 Å². The zero-order chi connectivity index (χ0) is 25.2. The number of methoxy groups -OCH3 is 1. The van der Waals surface area contributed by atoms with E-state index in [1.807, 2.05) is 24.3 Å². The summed E-state index contributed by atoms with van der Waals surface area (Å²) in [7, 11) is -2.56. The summed E-state index contributed by atoms with van der Waals surface area (Å²) in [5.41, 5.74) is 2.87. The van der Waals surface area contributed by atoms with E-state index in [1.165, 1.54) is 7.11 Å². The van der Waals surface area contributed by atoms with E-state index in [0.29, 0.717) is 15.9 Å². The Kier molecular flexibility index (Phi) is 7.03. The maximum Gasteiger partial charge on any atom is 0.411 e. The molecule has 12 heteroatoms. The van der Waals surface area contributed by atoms with Crippen LogP contribution in [0.5, 0.6) is 0 Å². The lowest BCUT2D eigenvalue weighted by Gasteiger charge is -2.12. The summed E-state index contributed by atoms with van der Waals surface area (Å²) >= 11 is 1.11. The number of nitrogens with zero attached hydrogens (tertiary/aromatic N) is 1. The minimum absolute atomic E-state index is 0.136. The largest absolute Gasteiger partial charge is 0.453 e. The SMILES string of the molecule is COC(=O)Nc1ccc(-c2ccc3nc(C(C(=O)NCC(=O)NC4CC4)S(C)(=O)=O)sc3c2)cc1. The van der Waals surface area contributed by atoms with Crippen molar-refractivity contribution in [3.8, 4) is 11.1 Å². The molecule has 1 atom stereocenters. The molecule has 1 saturated carbocycles. The third kappa shape index (κ3) is 6.14. The molecule has 1 aliphatic carbocycles. The first-order valence-corrected chi connectivity index (χ1v) is 13.5. The summed E-state index contributed by atoms with van der Waals surface area (Å²) in [5.74, 6) is -1.14. The number of hydrogen-bond acceptors (Lipinski definition) is 8. The van der Waals surface area contributed by atoms with Crippen LogP contribution in [0.25, 0.3) is 21.3 Å². The number of carbonyl (C=O) groups is 3. The Balaban J connectivity index is 1.54. The van der Waals surface area contributed by atoms with Crippen LogP contribution in [-0.4, -0.2) is 57.3 Å². The van der Waals surface area contributed by atoms with Gasteiger partial charge >= 0.3 is 6.09 Å². The smallest absolute Gasteiger partial charge is 0.411 e. The first-order valence-electron chi connectivity index (χ1n) is 10.8. The number of amides is 3. The Morgan fingerprint density at radius 2 is 1.80 bits per heavy atom. The van der Waals surface area contributed by atoms with E-state index in [9.17, 15) is 22.8 Å². The third-order valence-electron chi connectivity index (χ3n) is 5.31. The van der Waals surface area contributed by atoms with Crippen molar-refractivity contribution in [2.24, 2.45) is 0 Å². The third-order valence-corrected chi connectivity index (χ3v) is 7.84. The van der Waals surface area contributed by atoms with Gasteiger partial charge in [0.15, 0.2) is 15.1 Å². The minimum Gasteiger partial charge on any atom is -0.453 e. The fraction of sp³-hybridized carbons (Fsp3) is 0.304. The van der Waals surface area contributed by atoms with Gasteiger partial charge < -0.3 is 15.4 Å². The summed E-state index contributed by atoms with van der Waals surface area (Å²) in [6.45, 7) is -0.294. The molecule has 1 aromatic heterocycles. The second-order valence-corrected chi connectivity index (χ2v) is 11.4. The van der Waals surface area contributed by atoms with Crippen LogP contribution in [0.1, 0.15) is 23.1 Å². The molecule has 184 valence electrons. The van der Waals surface area contributed by atoms with Crippen LogP contribution in [0.4, 0.5) is 10.5 Å². The molecule has 0 saturated heterocycles. The van der Waals surface area contributed by atoms with Crippen molar-refractivity contribution >= 4 is 55.0 Å². The summed E-state index contributed by atoms with van der Waals surface area (Å²) in [4.78, 5) is 40.4. The second kappa shape index (κ2) is 10.0. The predicted molar refractivity (Wildman–Crippen MR) is 133 cm³/mol. The molecule has 10 nitrogen and oxygen atoms in total. The van der Waals surface area contributed by atoms with Crippen molar-refractivity contribution in [1.82, 2.24) is 15.6 Å². The van der Waals surface area contributed by atoms with Crippen molar-refractivity contribution in [2.75, 3.05) is 25.2 Å². The molecule has 1 aliphatic rings. The molecule has 3 aromatic rings. The molecule has 3 N–H and O–H groups in total. The van der Waals surface area contributed by atoms with Crippen molar-refractivity contribution < 1.29 is 27.5 Å². The maximum atomic E-state index is 12.7. The number of ether oxygens (including phenoxy) is 1. The first-order chi connectivity index (χ1) is 16.6. The van der Waals surface area contributed by atoms with Gasteiger partial charge in [-0.3, -0.25) is 14.9 Å². The molecule has 0 spiro atoms. The Bertz CT molecular complexity index is 1380. The van der Waals surface area contributed by atoms with E-state index in [-0.39, 0.29) is 23.5 Å². The quantitative estimate of drug-likeness (QED) is 0.417. The first kappa shape index (κ1) is 24.6. The van der Waals surface area contributed by atoms with E-state index in [4.69, 9.17) is 0 Å². The van der Waals surface area contributed by atoms with Crippen molar-refractivity contribution in [2.45, 2.75) is 24.1 Å². The number of carbonyl (C=O) groups excluding carboxylic acids is 3. The predicted octanol–water partition coefficient (Wildman–Crippen LogP) is 2.62. The van der Waals surface area contributed by atoms with Gasteiger partial charge in [-0.15, -0.1) is 11.3 Å². The molecule has 0 bridgehead atoms. The van der Waals surface area contributed by atoms with E-state index in [0.717, 1.165) is 41.6 Å². The number of anilines is 1. The highest BCUT2D eigenvalue weighted by Crippen LogP contribution is 2.33. The molecule has 3 amide bonds. The standard InChI is InChI=1S/C23H24N4O6S2/c1-33-23(30)26-16-6-3-13(4-7-16)14-5-10-17-18(11-14)34-22(27-17)20(35(2,31)32)21(29)24-12-19(28)25-15-8-9-15/h3-7,10-11,15,20H,8-9,12H2,1-2H3,(H,24,29)(H,25,28)(H,26,30). The Morgan fingerprint density at radius 3 is 2.43 bits per heavy atom. The van der Waals surface area contributed by atoms with Gasteiger partial charge in [-0.05, 0) is 48.2 Å². The highest BCUT2D eigenvalue weighted by atomic mass is 32.2. The summed E-state index contributed by atoms with van der Waals surface area (Å²) in [5, 5.41) is 6.37. The van der Waals surface area contributed by atoms with Gasteiger partial charge in [-0.25, -0.2) is 18.2 Å². The summed E-state index contributed by atoms with van der Waals surface area (Å²) in [6.07, 6.45) is 2.23. The van der Waals surface area contributed by atoms with Gasteiger partial charge in [0, 0.05) is 18.0 Å². The van der Waals surface area contributed by atoms with Crippen LogP contribution < -0.4 is 16.0 Å². The second-order valence-electron chi connectivity index (χ2n) is 8.20. The van der Waals surface area contributed by atoms with Crippen LogP contribution in [0, 0.1) is 0 Å². The summed E-state index contributed by atoms with van der Waals surface area (Å²) < 4.78 is 30.2. The van der Waals surface area contributed by atoms with Gasteiger partial charge in [0.25, 0.3) is 0 Å². The minimum atomic E-state index is -3.84. The van der Waals surface area contributed by atoms with Crippen LogP contribution in [-0.2, 0) is 24.2 Å². The fourth-order valence-electron chi connectivity index (χ4n) is 3.41. The Hall–Kier alpha value is -3.51. The van der Waals surface area contributed by atoms with E-state index in [1.54, 1.807) is 18.2 Å². The van der Waals surface area contributed by atoms with E-state index in [2.05, 4.69) is 25.7 Å². The average Bonchev–Trinajstić information content (AvgIpc) is 3.52. The summed E-state index contributed by atoms with van der Waals surface area (Å²) in [6, 6.07) is 12.7. The zero-order valence-electron chi connectivity index (χ0n) is 19.0. The lowest BCUT2D eigenvalue weighted by molar-refractivity contribution is -0.126. The van der Waals surface area contributed by atoms with Crippen molar-refractivity contribution in [1.29, 1.82) is 0 Å². The molecule has 1 heterocycles. The van der Waals surface area contributed by atoms with Crippen LogP contribution >= 0.6 is 11.3 Å². The fourth-order valence-corrected chi connectivity index (χ4v) is 5.95. The normalized spacial score (nSPS) is 14.2. The molecule has 4 rings (SSSR count). The highest BCUT2D eigenvalue weighted by Gasteiger charge is 2.34. The molecule has 1 unspecified atom stereocenters. The molecule has 1 fully saturated rings. The topological polar surface area (TPSA) is 144 Å². The van der Waals surface area contributed by atoms with Gasteiger partial charge in [0.2, 0.25) is 11.8 Å². The molecular weight excluding hydrogens is 492 g/mol. The van der Waals surface area contributed by atoms with Gasteiger partial charge in [0.1, 0.15) is 5.01 Å². The molecule has 0 aliphatic heterocycles. The monoisotopic (exact) mass is 516 g/mol. The number of fused-ring (bicyclic) bond motifs is 1. The average molecular weight is 517 g/mol. The lowest BCUT2D eigenvalue weighted by atomic mass is 10.1. The molecule has 35 heavy (non-hydrogen) atoms. The van der Waals surface area contributed by atoms with Gasteiger partial charge in [0.05, 0.1) is 23.9 Å². The highest BCUT2D eigenvalue weighted by molar-refractivity contribution is 7.91.